The number of fused-ring (bicyclic) bond motifs is 1. The SMILES string of the molecule is CC(=O)O[C@@H]1[C@H]2OC(C)(C)O[C@H]2/C=C\CC[C@H]1OC(C)=O. The molecule has 2 aliphatic rings. The summed E-state index contributed by atoms with van der Waals surface area (Å²) in [6.45, 7) is 6.27. The lowest BCUT2D eigenvalue weighted by Crippen LogP contribution is -2.47. The zero-order valence-corrected chi connectivity index (χ0v) is 12.8. The Morgan fingerprint density at radius 2 is 1.81 bits per heavy atom. The number of hydrogen-bond acceptors (Lipinski definition) is 6. The molecule has 0 spiro atoms. The van der Waals surface area contributed by atoms with Crippen LogP contribution in [0.4, 0.5) is 0 Å². The van der Waals surface area contributed by atoms with E-state index in [0.29, 0.717) is 12.8 Å². The van der Waals surface area contributed by atoms with E-state index < -0.39 is 36.0 Å². The predicted molar refractivity (Wildman–Crippen MR) is 73.3 cm³/mol. The first-order chi connectivity index (χ1) is 9.78. The van der Waals surface area contributed by atoms with Crippen molar-refractivity contribution in [2.75, 3.05) is 0 Å². The number of carbonyl (C=O) groups excluding carboxylic acids is 2. The van der Waals surface area contributed by atoms with Gasteiger partial charge in [-0.05, 0) is 26.7 Å². The highest BCUT2D eigenvalue weighted by atomic mass is 16.8. The van der Waals surface area contributed by atoms with Gasteiger partial charge < -0.3 is 18.9 Å². The summed E-state index contributed by atoms with van der Waals surface area (Å²) < 4.78 is 22.4. The molecule has 0 aromatic rings. The van der Waals surface area contributed by atoms with E-state index in [-0.39, 0.29) is 6.10 Å². The second-order valence-corrected chi connectivity index (χ2v) is 5.79. The number of esters is 2. The van der Waals surface area contributed by atoms with Gasteiger partial charge in [-0.25, -0.2) is 0 Å². The van der Waals surface area contributed by atoms with Crippen molar-refractivity contribution >= 4 is 11.9 Å². The summed E-state index contributed by atoms with van der Waals surface area (Å²) in [6, 6.07) is 0. The van der Waals surface area contributed by atoms with E-state index in [1.54, 1.807) is 13.8 Å². The molecule has 1 saturated heterocycles. The Bertz CT molecular complexity index is 441. The van der Waals surface area contributed by atoms with Crippen LogP contribution in [0.25, 0.3) is 0 Å². The molecule has 0 aromatic heterocycles. The van der Waals surface area contributed by atoms with Crippen molar-refractivity contribution in [2.24, 2.45) is 0 Å². The third kappa shape index (κ3) is 4.04. The number of carbonyl (C=O) groups is 2. The van der Waals surface area contributed by atoms with E-state index in [2.05, 4.69) is 0 Å². The molecule has 0 N–H and O–H groups in total. The first-order valence-electron chi connectivity index (χ1n) is 7.15. The van der Waals surface area contributed by atoms with Gasteiger partial charge in [-0.3, -0.25) is 9.59 Å². The highest BCUT2D eigenvalue weighted by Crippen LogP contribution is 2.35. The van der Waals surface area contributed by atoms with Crippen molar-refractivity contribution < 1.29 is 28.5 Å². The molecule has 0 unspecified atom stereocenters. The summed E-state index contributed by atoms with van der Waals surface area (Å²) in [5.41, 5.74) is 0. The van der Waals surface area contributed by atoms with E-state index in [4.69, 9.17) is 18.9 Å². The zero-order valence-electron chi connectivity index (χ0n) is 12.8. The quantitative estimate of drug-likeness (QED) is 0.571. The normalized spacial score (nSPS) is 36.0. The van der Waals surface area contributed by atoms with Crippen LogP contribution in [0, 0.1) is 0 Å². The Morgan fingerprint density at radius 3 is 2.43 bits per heavy atom. The number of hydrogen-bond donors (Lipinski definition) is 0. The molecule has 1 aliphatic heterocycles. The van der Waals surface area contributed by atoms with Gasteiger partial charge in [0.1, 0.15) is 18.3 Å². The van der Waals surface area contributed by atoms with E-state index in [1.807, 2.05) is 12.2 Å². The summed E-state index contributed by atoms with van der Waals surface area (Å²) in [5.74, 6) is -1.62. The smallest absolute Gasteiger partial charge is 0.303 e. The second-order valence-electron chi connectivity index (χ2n) is 5.79. The molecular formula is C15H22O6. The van der Waals surface area contributed by atoms with Gasteiger partial charge >= 0.3 is 11.9 Å². The summed E-state index contributed by atoms with van der Waals surface area (Å²) in [7, 11) is 0. The van der Waals surface area contributed by atoms with E-state index in [0.717, 1.165) is 0 Å². The van der Waals surface area contributed by atoms with Gasteiger partial charge in [-0.15, -0.1) is 0 Å². The third-order valence-electron chi connectivity index (χ3n) is 3.42. The van der Waals surface area contributed by atoms with E-state index in [1.165, 1.54) is 13.8 Å². The summed E-state index contributed by atoms with van der Waals surface area (Å²) in [6.07, 6.45) is 3.13. The molecule has 0 saturated carbocycles. The molecule has 0 bridgehead atoms. The molecule has 0 aromatic carbocycles. The highest BCUT2D eigenvalue weighted by Gasteiger charge is 2.49. The van der Waals surface area contributed by atoms with Gasteiger partial charge in [0.25, 0.3) is 0 Å². The standard InChI is InChI=1S/C15H22O6/c1-9(16)18-11-7-5-6-8-12-14(13(11)19-10(2)17)21-15(3,4)20-12/h6,8,11-14H,5,7H2,1-4H3/b8-6-/t11-,12+,13+,14+/m1/s1. The molecule has 4 atom stereocenters. The fourth-order valence-corrected chi connectivity index (χ4v) is 2.76. The maximum absolute atomic E-state index is 11.4. The van der Waals surface area contributed by atoms with Crippen LogP contribution in [0.3, 0.4) is 0 Å². The van der Waals surface area contributed by atoms with Crippen LogP contribution in [0.1, 0.15) is 40.5 Å². The average molecular weight is 298 g/mol. The van der Waals surface area contributed by atoms with Crippen LogP contribution >= 0.6 is 0 Å². The molecule has 2 rings (SSSR count). The summed E-state index contributed by atoms with van der Waals surface area (Å²) in [4.78, 5) is 22.7. The number of allylic oxidation sites excluding steroid dienone is 1. The molecule has 0 radical (unpaired) electrons. The fraction of sp³-hybridized carbons (Fsp3) is 0.733. The molecular weight excluding hydrogens is 276 g/mol. The minimum Gasteiger partial charge on any atom is -0.458 e. The molecule has 6 heteroatoms. The van der Waals surface area contributed by atoms with Crippen LogP contribution < -0.4 is 0 Å². The summed E-state index contributed by atoms with van der Waals surface area (Å²) >= 11 is 0. The molecule has 118 valence electrons. The van der Waals surface area contributed by atoms with E-state index >= 15 is 0 Å². The van der Waals surface area contributed by atoms with Crippen molar-refractivity contribution in [3.8, 4) is 0 Å². The predicted octanol–water partition coefficient (Wildman–Crippen LogP) is 1.72. The van der Waals surface area contributed by atoms with Crippen LogP contribution in [-0.2, 0) is 28.5 Å². The molecule has 6 nitrogen and oxygen atoms in total. The number of rotatable bonds is 2. The van der Waals surface area contributed by atoms with E-state index in [9.17, 15) is 9.59 Å². The third-order valence-corrected chi connectivity index (χ3v) is 3.42. The first kappa shape index (κ1) is 16.0. The highest BCUT2D eigenvalue weighted by molar-refractivity contribution is 5.67. The maximum Gasteiger partial charge on any atom is 0.303 e. The van der Waals surface area contributed by atoms with Crippen molar-refractivity contribution in [3.05, 3.63) is 12.2 Å². The molecule has 21 heavy (non-hydrogen) atoms. The van der Waals surface area contributed by atoms with Gasteiger partial charge in [-0.2, -0.15) is 0 Å². The van der Waals surface area contributed by atoms with Crippen LogP contribution in [0.5, 0.6) is 0 Å². The first-order valence-corrected chi connectivity index (χ1v) is 7.15. The van der Waals surface area contributed by atoms with Gasteiger partial charge in [0.15, 0.2) is 11.9 Å². The van der Waals surface area contributed by atoms with Gasteiger partial charge in [-0.1, -0.05) is 12.2 Å². The minimum absolute atomic E-state index is 0.331. The fourth-order valence-electron chi connectivity index (χ4n) is 2.76. The average Bonchev–Trinajstić information content (AvgIpc) is 2.63. The van der Waals surface area contributed by atoms with Gasteiger partial charge in [0, 0.05) is 13.8 Å². The van der Waals surface area contributed by atoms with Gasteiger partial charge in [0.05, 0.1) is 0 Å². The lowest BCUT2D eigenvalue weighted by Gasteiger charge is -2.32. The van der Waals surface area contributed by atoms with Crippen molar-refractivity contribution in [2.45, 2.75) is 70.7 Å². The second kappa shape index (κ2) is 6.15. The van der Waals surface area contributed by atoms with Crippen LogP contribution in [-0.4, -0.2) is 42.1 Å². The topological polar surface area (TPSA) is 71.1 Å². The largest absolute Gasteiger partial charge is 0.458 e. The lowest BCUT2D eigenvalue weighted by molar-refractivity contribution is -0.188. The van der Waals surface area contributed by atoms with Gasteiger partial charge in [0.2, 0.25) is 0 Å². The monoisotopic (exact) mass is 298 g/mol. The maximum atomic E-state index is 11.4. The molecule has 1 fully saturated rings. The Kier molecular flexibility index (Phi) is 4.68. The lowest BCUT2D eigenvalue weighted by atomic mass is 9.95. The molecule has 0 amide bonds. The Morgan fingerprint density at radius 1 is 1.14 bits per heavy atom. The Labute approximate surface area is 124 Å². The summed E-state index contributed by atoms with van der Waals surface area (Å²) in [5, 5.41) is 0. The molecule has 1 heterocycles. The van der Waals surface area contributed by atoms with Crippen molar-refractivity contribution in [1.29, 1.82) is 0 Å². The zero-order chi connectivity index (χ0) is 15.6. The van der Waals surface area contributed by atoms with Crippen molar-refractivity contribution in [1.82, 2.24) is 0 Å². The number of ether oxygens (including phenoxy) is 4. The van der Waals surface area contributed by atoms with Crippen molar-refractivity contribution in [3.63, 3.8) is 0 Å². The van der Waals surface area contributed by atoms with Crippen LogP contribution in [0.15, 0.2) is 12.2 Å². The molecule has 1 aliphatic carbocycles. The minimum atomic E-state index is -0.775. The Balaban J connectivity index is 2.28. The Hall–Kier alpha value is -1.40. The van der Waals surface area contributed by atoms with Crippen LogP contribution in [0.2, 0.25) is 0 Å².